The molecule has 4 saturated heterocycles. The molecule has 20 rings (SSSR count). The van der Waals surface area contributed by atoms with Crippen molar-refractivity contribution in [2.75, 3.05) is 78.8 Å². The van der Waals surface area contributed by atoms with Crippen molar-refractivity contribution in [3.63, 3.8) is 0 Å². The minimum absolute atomic E-state index is 0.0301. The lowest BCUT2D eigenvalue weighted by Crippen LogP contribution is -2.52. The number of rotatable bonds is 28. The van der Waals surface area contributed by atoms with E-state index in [9.17, 15) is 62.8 Å². The third-order valence-corrected chi connectivity index (χ3v) is 29.6. The van der Waals surface area contributed by atoms with E-state index in [0.29, 0.717) is 130 Å². The van der Waals surface area contributed by atoms with E-state index in [-0.39, 0.29) is 45.6 Å². The summed E-state index contributed by atoms with van der Waals surface area (Å²) in [4.78, 5) is 9.73. The molecule has 4 fully saturated rings. The third kappa shape index (κ3) is 22.9. The quantitative estimate of drug-likeness (QED) is 0.0212. The van der Waals surface area contributed by atoms with E-state index < -0.39 is 70.8 Å². The summed E-state index contributed by atoms with van der Waals surface area (Å²) in [5.74, 6) is 1.94. The van der Waals surface area contributed by atoms with Crippen molar-refractivity contribution in [1.82, 2.24) is 19.6 Å². The Bertz CT molecular complexity index is 6810. The largest absolute Gasteiger partial charge is 0.508 e. The molecule has 0 aromatic heterocycles. The van der Waals surface area contributed by atoms with Crippen LogP contribution in [0.15, 0.2) is 231 Å². The number of fused-ring (bicyclic) bond motifs is 4. The number of halogens is 6. The maximum atomic E-state index is 15.0. The van der Waals surface area contributed by atoms with E-state index >= 15 is 4.39 Å². The Labute approximate surface area is 848 Å². The van der Waals surface area contributed by atoms with Crippen LogP contribution in [0, 0.1) is 58.6 Å². The number of hydrogen-bond acceptors (Lipinski definition) is 20. The molecule has 0 amide bonds. The lowest BCUT2D eigenvalue weighted by atomic mass is 9.85. The molecule has 0 radical (unpaired) electrons. The second-order valence-corrected chi connectivity index (χ2v) is 39.6. The van der Waals surface area contributed by atoms with Gasteiger partial charge in [-0.1, -0.05) is 102 Å². The van der Waals surface area contributed by atoms with Gasteiger partial charge in [-0.25, -0.2) is 22.0 Å². The van der Waals surface area contributed by atoms with Gasteiger partial charge in [0.05, 0.1) is 0 Å². The predicted molar refractivity (Wildman–Crippen MR) is 555 cm³/mol. The molecule has 8 heterocycles. The van der Waals surface area contributed by atoms with E-state index in [1.165, 1.54) is 74.2 Å². The summed E-state index contributed by atoms with van der Waals surface area (Å²) in [6.45, 7) is 36.5. The molecule has 764 valence electrons. The Morgan fingerprint density at radius 2 is 0.555 bits per heavy atom. The first kappa shape index (κ1) is 103. The van der Waals surface area contributed by atoms with Gasteiger partial charge in [-0.05, 0) is 305 Å². The highest BCUT2D eigenvalue weighted by Crippen LogP contribution is 2.55. The number of nitrogens with zero attached hydrogens (tertiary/aromatic N) is 4. The van der Waals surface area contributed by atoms with Crippen molar-refractivity contribution in [2.24, 2.45) is 23.7 Å². The second-order valence-electron chi connectivity index (χ2n) is 39.6. The summed E-state index contributed by atoms with van der Waals surface area (Å²) in [6.07, 6.45) is 2.37. The molecule has 8 aliphatic rings. The van der Waals surface area contributed by atoms with E-state index in [1.807, 2.05) is 118 Å². The highest BCUT2D eigenvalue weighted by Gasteiger charge is 2.40. The smallest absolute Gasteiger partial charge is 0.200 e. The molecule has 0 bridgehead atoms. The maximum Gasteiger partial charge on any atom is 0.200 e. The van der Waals surface area contributed by atoms with Crippen LogP contribution in [0.2, 0.25) is 0 Å². The number of ether oxygens (including phenoxy) is 8. The molecule has 0 spiro atoms. The number of allylic oxidation sites excluding steroid dienone is 4. The van der Waals surface area contributed by atoms with Crippen LogP contribution in [0.4, 0.5) is 26.3 Å². The summed E-state index contributed by atoms with van der Waals surface area (Å²) in [5.41, 5.74) is 12.3. The molecule has 26 heteroatoms. The molecule has 20 nitrogen and oxygen atoms in total. The fourth-order valence-corrected chi connectivity index (χ4v) is 20.2. The molecule has 0 saturated carbocycles. The van der Waals surface area contributed by atoms with Gasteiger partial charge in [0.2, 0.25) is 0 Å². The van der Waals surface area contributed by atoms with Crippen molar-refractivity contribution in [3.8, 4) is 92.0 Å². The molecule has 12 aromatic carbocycles. The number of likely N-dealkylation sites (tertiary alicyclic amines) is 4. The van der Waals surface area contributed by atoms with Crippen LogP contribution in [0.25, 0.3) is 44.6 Å². The van der Waals surface area contributed by atoms with Crippen molar-refractivity contribution < 1.29 is 105 Å². The molecular formula is C120H126F6N4O16. The Morgan fingerprint density at radius 1 is 0.274 bits per heavy atom. The number of phenolic OH excluding ortho intramolecular Hbond substituents is 8. The van der Waals surface area contributed by atoms with E-state index in [2.05, 4.69) is 75.0 Å². The van der Waals surface area contributed by atoms with Crippen LogP contribution < -0.4 is 37.9 Å². The van der Waals surface area contributed by atoms with Gasteiger partial charge in [0, 0.05) is 144 Å². The number of hydrogen-bond donors (Lipinski definition) is 8. The summed E-state index contributed by atoms with van der Waals surface area (Å²) in [5, 5.41) is 80.3. The summed E-state index contributed by atoms with van der Waals surface area (Å²) in [6, 6.07) is 63.1. The molecule has 8 atom stereocenters. The van der Waals surface area contributed by atoms with Gasteiger partial charge in [-0.2, -0.15) is 4.39 Å². The fourth-order valence-electron chi connectivity index (χ4n) is 20.2. The Morgan fingerprint density at radius 3 is 0.856 bits per heavy atom. The monoisotopic (exact) mass is 1990 g/mol. The highest BCUT2D eigenvalue weighted by atomic mass is 19.2. The van der Waals surface area contributed by atoms with Gasteiger partial charge in [-0.3, -0.25) is 19.6 Å². The first-order valence-electron chi connectivity index (χ1n) is 50.2. The molecular weight excluding hydrogens is 1870 g/mol. The fraction of sp³-hybridized carbons (Fsp3) is 0.333. The van der Waals surface area contributed by atoms with E-state index in [4.69, 9.17) is 37.9 Å². The molecule has 12 aromatic rings. The molecule has 8 N–H and O–H groups in total. The first-order valence-corrected chi connectivity index (χ1v) is 50.2. The van der Waals surface area contributed by atoms with Crippen molar-refractivity contribution >= 4 is 44.6 Å². The van der Waals surface area contributed by atoms with Gasteiger partial charge in [0.15, 0.2) is 29.0 Å². The molecule has 0 aliphatic carbocycles. The van der Waals surface area contributed by atoms with Gasteiger partial charge in [-0.15, -0.1) is 0 Å². The van der Waals surface area contributed by atoms with Crippen LogP contribution in [0.3, 0.4) is 0 Å². The topological polar surface area (TPSA) is 249 Å². The SMILES string of the molecule is CCC1CN([C@@H](C)COc2ccc(C3Oc4ccc(O)cc4C(C)=C3c3cc(O)c(F)c(F)c3)cc2)C1.CCC1CN([C@@H](C)COc2ccc(C3Oc4ccc(O)cc4C(C)=C3c3cc(O)c(F)cc3F)cc2)C1.CCC1CN([C@@H](C)COc2ccc(C3Oc4ccc(O)cc4C(C)=C3c3cc(O)cc(F)c3)cc2)C1.CCC1CN([C@@H](C)COc2ccc(C3Oc4ccc(O)cc4C(C)=C3c3cc(O)ccc3F)cc2)C1. The van der Waals surface area contributed by atoms with Gasteiger partial charge in [0.25, 0.3) is 0 Å². The van der Waals surface area contributed by atoms with Crippen LogP contribution >= 0.6 is 0 Å². The van der Waals surface area contributed by atoms with Gasteiger partial charge in [0.1, 0.15) is 149 Å². The number of phenols is 8. The lowest BCUT2D eigenvalue weighted by Gasteiger charge is -2.42. The standard InChI is InChI=1S/2C30H31F2NO4.2C30H32FNO4/c1-4-19-14-33(15-19)17(2)16-36-23-8-5-20(6-9-23)30-28(21-11-25(31)29(32)26(35)12-21)18(3)24-13-22(34)7-10-27(24)37-30;1-4-19-14-33(15-19)17(2)16-36-22-8-5-20(6-9-22)30-29(24-12-27(35)26(32)13-25(24)31)18(3)23-11-21(34)7-10-28(23)37-30;1-4-20-15-32(16-20)18(2)17-35-24-9-5-21(6-10-24)30-29(26-14-22(33)7-11-27(26)31)19(3)25-13-23(34)8-12-28(25)36-30;1-4-20-15-32(16-20)18(2)17-35-26-8-5-21(6-9-26)30-29(22-11-23(31)13-25(34)12-22)19(3)27-14-24(33)7-10-28(27)36-30/h2*5-13,17,19,30,34-35H,4,14-16H2,1-3H3;2*5-14,18,20,30,33-34H,4,15-17H2,1-3H3/t2*17-,30?;2*18-,30?/m0000/s1. The van der Waals surface area contributed by atoms with Crippen molar-refractivity contribution in [2.45, 2.75) is 157 Å². The molecule has 146 heavy (non-hydrogen) atoms. The van der Waals surface area contributed by atoms with Crippen LogP contribution in [0.1, 0.15) is 200 Å². The maximum absolute atomic E-state index is 15.0. The van der Waals surface area contributed by atoms with Gasteiger partial charge < -0.3 is 78.7 Å². The second kappa shape index (κ2) is 44.8. The van der Waals surface area contributed by atoms with Crippen LogP contribution in [-0.2, 0) is 0 Å². The summed E-state index contributed by atoms with van der Waals surface area (Å²) >= 11 is 0. The van der Waals surface area contributed by atoms with Gasteiger partial charge >= 0.3 is 0 Å². The average molecular weight is 1990 g/mol. The zero-order valence-corrected chi connectivity index (χ0v) is 84.1. The summed E-state index contributed by atoms with van der Waals surface area (Å²) in [7, 11) is 0. The van der Waals surface area contributed by atoms with Crippen molar-refractivity contribution in [1.29, 1.82) is 0 Å². The number of benzene rings is 12. The first-order chi connectivity index (χ1) is 70.1. The number of aromatic hydroxyl groups is 8. The van der Waals surface area contributed by atoms with Crippen LogP contribution in [-0.4, -0.2) is 163 Å². The minimum atomic E-state index is -1.30. The highest BCUT2D eigenvalue weighted by molar-refractivity contribution is 6.00. The van der Waals surface area contributed by atoms with Crippen molar-refractivity contribution in [3.05, 3.63) is 332 Å². The Hall–Kier alpha value is -14.2. The zero-order chi connectivity index (χ0) is 103. The normalized spacial score (nSPS) is 18.8. The Kier molecular flexibility index (Phi) is 31.7. The zero-order valence-electron chi connectivity index (χ0n) is 84.1. The Balaban J connectivity index is 0.000000133. The minimum Gasteiger partial charge on any atom is -0.508 e. The average Bonchev–Trinajstić information content (AvgIpc) is 0.761. The van der Waals surface area contributed by atoms with E-state index in [0.717, 1.165) is 167 Å². The lowest BCUT2D eigenvalue weighted by molar-refractivity contribution is 0.0361. The molecule has 4 unspecified atom stereocenters. The third-order valence-electron chi connectivity index (χ3n) is 29.6. The van der Waals surface area contributed by atoms with E-state index in [1.54, 1.807) is 67.6 Å². The predicted octanol–water partition coefficient (Wildman–Crippen LogP) is 25.9. The van der Waals surface area contributed by atoms with Crippen LogP contribution in [0.5, 0.6) is 92.0 Å². The summed E-state index contributed by atoms with van der Waals surface area (Å²) < 4.78 is 136. The molecule has 8 aliphatic heterocycles.